The van der Waals surface area contributed by atoms with Crippen molar-refractivity contribution >= 4 is 6.03 Å². The number of hydrogen-bond donors (Lipinski definition) is 4. The Bertz CT molecular complexity index is 776. The molecule has 1 aromatic carbocycles. The zero-order chi connectivity index (χ0) is 25.8. The monoisotopic (exact) mass is 506 g/mol. The molecule has 2 aliphatic heterocycles. The van der Waals surface area contributed by atoms with E-state index in [1.165, 1.54) is 12.7 Å². The van der Waals surface area contributed by atoms with Crippen molar-refractivity contribution in [2.75, 3.05) is 60.2 Å². The summed E-state index contributed by atoms with van der Waals surface area (Å²) in [7, 11) is 3.37. The number of nitrogens with zero attached hydrogens (tertiary/aromatic N) is 1. The molecule has 2 fully saturated rings. The summed E-state index contributed by atoms with van der Waals surface area (Å²) in [4.78, 5) is 15.3. The maximum Gasteiger partial charge on any atom is 0.317 e. The summed E-state index contributed by atoms with van der Waals surface area (Å²) in [5.74, 6) is 0.684. The minimum absolute atomic E-state index is 0.00422. The van der Waals surface area contributed by atoms with Crippen molar-refractivity contribution in [2.24, 2.45) is 11.8 Å². The molecule has 5 atom stereocenters. The van der Waals surface area contributed by atoms with E-state index in [0.717, 1.165) is 64.0 Å². The van der Waals surface area contributed by atoms with Gasteiger partial charge >= 0.3 is 6.03 Å². The van der Waals surface area contributed by atoms with Crippen LogP contribution >= 0.6 is 0 Å². The highest BCUT2D eigenvalue weighted by Crippen LogP contribution is 2.33. The number of ether oxygens (including phenoxy) is 3. The number of urea groups is 1. The molecule has 4 N–H and O–H groups in total. The Hall–Kier alpha value is -1.75. The lowest BCUT2D eigenvalue weighted by molar-refractivity contribution is -0.102. The number of aryl methyl sites for hydroxylation is 1. The van der Waals surface area contributed by atoms with Crippen LogP contribution in [0.25, 0.3) is 0 Å². The van der Waals surface area contributed by atoms with E-state index >= 15 is 0 Å². The van der Waals surface area contributed by atoms with Gasteiger partial charge in [-0.3, -0.25) is 5.32 Å². The van der Waals surface area contributed by atoms with Crippen molar-refractivity contribution in [1.29, 1.82) is 0 Å². The molecular formula is C27H46N4O5. The number of aliphatic hydroxyl groups is 1. The molecule has 0 aromatic heterocycles. The second-order valence-electron chi connectivity index (χ2n) is 10.1. The first kappa shape index (κ1) is 28.8. The lowest BCUT2D eigenvalue weighted by Crippen LogP contribution is -2.52. The quantitative estimate of drug-likeness (QED) is 0.241. The fraction of sp³-hybridized carbons (Fsp3) is 0.741. The molecule has 0 saturated carbocycles. The molecule has 1 aromatic rings. The first-order valence-electron chi connectivity index (χ1n) is 13.4. The minimum Gasteiger partial charge on any atom is -0.381 e. The van der Waals surface area contributed by atoms with Crippen LogP contribution in [0.2, 0.25) is 0 Å². The highest BCUT2D eigenvalue weighted by molar-refractivity contribution is 5.74. The summed E-state index contributed by atoms with van der Waals surface area (Å²) in [5.41, 5.74) is 2.31. The Morgan fingerprint density at radius 1 is 1.31 bits per heavy atom. The van der Waals surface area contributed by atoms with Crippen molar-refractivity contribution in [3.05, 3.63) is 35.4 Å². The number of carbonyl (C=O) groups excluding carboxylic acids is 1. The summed E-state index contributed by atoms with van der Waals surface area (Å²) in [6.45, 7) is 6.75. The molecule has 36 heavy (non-hydrogen) atoms. The highest BCUT2D eigenvalue weighted by Gasteiger charge is 2.32. The van der Waals surface area contributed by atoms with Crippen LogP contribution in [0.5, 0.6) is 0 Å². The van der Waals surface area contributed by atoms with Crippen molar-refractivity contribution in [3.8, 4) is 0 Å². The lowest BCUT2D eigenvalue weighted by atomic mass is 9.88. The normalized spacial score (nSPS) is 23.2. The minimum atomic E-state index is -1.01. The molecule has 0 spiro atoms. The number of benzene rings is 1. The summed E-state index contributed by atoms with van der Waals surface area (Å²) >= 11 is 0. The third kappa shape index (κ3) is 9.28. The van der Waals surface area contributed by atoms with Crippen molar-refractivity contribution in [3.63, 3.8) is 0 Å². The second-order valence-corrected chi connectivity index (χ2v) is 10.1. The van der Waals surface area contributed by atoms with Gasteiger partial charge in [0.25, 0.3) is 0 Å². The van der Waals surface area contributed by atoms with Gasteiger partial charge in [-0.05, 0) is 57.6 Å². The molecule has 2 saturated heterocycles. The predicted octanol–water partition coefficient (Wildman–Crippen LogP) is 2.39. The van der Waals surface area contributed by atoms with Crippen LogP contribution in [-0.4, -0.2) is 88.7 Å². The van der Waals surface area contributed by atoms with Crippen molar-refractivity contribution in [2.45, 2.75) is 57.6 Å². The SMILES string of the molecule is CNC[C@H](CC1CCCOC1)NC(=O)N1CCC[C@@H]([C@@H](OCCNC(O)OC)c2cccc(C)c2)C1. The highest BCUT2D eigenvalue weighted by atomic mass is 16.6. The fourth-order valence-corrected chi connectivity index (χ4v) is 5.35. The Balaban J connectivity index is 1.61. The fourth-order valence-electron chi connectivity index (χ4n) is 5.35. The van der Waals surface area contributed by atoms with Gasteiger partial charge in [0.15, 0.2) is 0 Å². The average molecular weight is 507 g/mol. The first-order chi connectivity index (χ1) is 17.5. The van der Waals surface area contributed by atoms with E-state index in [1.54, 1.807) is 0 Å². The molecule has 9 nitrogen and oxygen atoms in total. The molecule has 0 aliphatic carbocycles. The van der Waals surface area contributed by atoms with Crippen LogP contribution in [0.1, 0.15) is 49.3 Å². The zero-order valence-electron chi connectivity index (χ0n) is 22.2. The van der Waals surface area contributed by atoms with Gasteiger partial charge in [0.2, 0.25) is 6.41 Å². The van der Waals surface area contributed by atoms with Gasteiger partial charge in [0.05, 0.1) is 12.7 Å². The number of rotatable bonds is 13. The largest absolute Gasteiger partial charge is 0.381 e. The summed E-state index contributed by atoms with van der Waals surface area (Å²) in [6.07, 6.45) is 3.99. The van der Waals surface area contributed by atoms with E-state index < -0.39 is 6.41 Å². The molecule has 3 rings (SSSR count). The van der Waals surface area contributed by atoms with E-state index in [0.29, 0.717) is 25.6 Å². The molecule has 0 radical (unpaired) electrons. The Morgan fingerprint density at radius 3 is 2.89 bits per heavy atom. The maximum absolute atomic E-state index is 13.3. The summed E-state index contributed by atoms with van der Waals surface area (Å²) < 4.78 is 16.8. The number of hydrogen-bond acceptors (Lipinski definition) is 7. The van der Waals surface area contributed by atoms with Crippen molar-refractivity contribution < 1.29 is 24.1 Å². The Labute approximate surface area is 216 Å². The lowest BCUT2D eigenvalue weighted by Gasteiger charge is -2.38. The second kappa shape index (κ2) is 15.5. The van der Waals surface area contributed by atoms with E-state index in [-0.39, 0.29) is 24.1 Å². The molecule has 2 aliphatic rings. The molecule has 2 unspecified atom stereocenters. The Kier molecular flexibility index (Phi) is 12.4. The molecule has 9 heteroatoms. The number of amides is 2. The van der Waals surface area contributed by atoms with E-state index in [1.807, 2.05) is 11.9 Å². The maximum atomic E-state index is 13.3. The number of nitrogens with one attached hydrogen (secondary N) is 3. The van der Waals surface area contributed by atoms with Gasteiger partial charge in [-0.1, -0.05) is 29.8 Å². The number of piperidine rings is 1. The number of methoxy groups -OCH3 is 1. The first-order valence-corrected chi connectivity index (χ1v) is 13.4. The molecular weight excluding hydrogens is 460 g/mol. The third-order valence-electron chi connectivity index (χ3n) is 7.14. The van der Waals surface area contributed by atoms with Crippen LogP contribution in [-0.2, 0) is 14.2 Å². The van der Waals surface area contributed by atoms with Crippen LogP contribution in [0.4, 0.5) is 4.79 Å². The van der Waals surface area contributed by atoms with Crippen LogP contribution in [0.15, 0.2) is 24.3 Å². The topological polar surface area (TPSA) is 104 Å². The average Bonchev–Trinajstić information content (AvgIpc) is 2.89. The van der Waals surface area contributed by atoms with Gasteiger partial charge in [-0.2, -0.15) is 0 Å². The van der Waals surface area contributed by atoms with Gasteiger partial charge in [0.1, 0.15) is 0 Å². The summed E-state index contributed by atoms with van der Waals surface area (Å²) in [5, 5.41) is 19.0. The van der Waals surface area contributed by atoms with Gasteiger partial charge in [-0.15, -0.1) is 0 Å². The molecule has 2 heterocycles. The smallest absolute Gasteiger partial charge is 0.317 e. The molecule has 2 amide bonds. The van der Waals surface area contributed by atoms with E-state index in [2.05, 4.69) is 47.1 Å². The predicted molar refractivity (Wildman–Crippen MR) is 140 cm³/mol. The van der Waals surface area contributed by atoms with Crippen LogP contribution in [0, 0.1) is 18.8 Å². The van der Waals surface area contributed by atoms with E-state index in [9.17, 15) is 9.90 Å². The van der Waals surface area contributed by atoms with Crippen LogP contribution in [0.3, 0.4) is 0 Å². The van der Waals surface area contributed by atoms with E-state index in [4.69, 9.17) is 14.2 Å². The van der Waals surface area contributed by atoms with Gasteiger partial charge in [-0.25, -0.2) is 4.79 Å². The number of likely N-dealkylation sites (N-methyl/N-ethyl adjacent to an activating group) is 1. The number of likely N-dealkylation sites (tertiary alicyclic amines) is 1. The summed E-state index contributed by atoms with van der Waals surface area (Å²) in [6, 6.07) is 8.48. The molecule has 0 bridgehead atoms. The molecule has 204 valence electrons. The number of aliphatic hydroxyl groups excluding tert-OH is 1. The zero-order valence-corrected chi connectivity index (χ0v) is 22.2. The standard InChI is InChI=1S/C27H46N4O5/c1-20-7-4-9-22(15-20)25(36-14-11-29-27(33)34-3)23-10-5-12-31(18-23)26(32)30-24(17-28-2)16-21-8-6-13-35-19-21/h4,7,9,15,21,23-25,27-29,33H,5-6,8,10-14,16-19H2,1-3H3,(H,30,32)/t21?,23-,24+,25+,27?/m1/s1. The van der Waals surface area contributed by atoms with Crippen LogP contribution < -0.4 is 16.0 Å². The third-order valence-corrected chi connectivity index (χ3v) is 7.14. The van der Waals surface area contributed by atoms with Gasteiger partial charge < -0.3 is 34.9 Å². The van der Waals surface area contributed by atoms with Crippen molar-refractivity contribution in [1.82, 2.24) is 20.9 Å². The van der Waals surface area contributed by atoms with Gasteiger partial charge in [0, 0.05) is 58.5 Å². The Morgan fingerprint density at radius 2 is 2.17 bits per heavy atom. The number of carbonyl (C=O) groups is 1.